The molecule has 11 rings (SSSR count). The lowest BCUT2D eigenvalue weighted by Crippen LogP contribution is -2.09. The van der Waals surface area contributed by atoms with E-state index in [0.717, 1.165) is 27.7 Å². The van der Waals surface area contributed by atoms with Gasteiger partial charge in [-0.05, 0) is 87.9 Å². The molecule has 0 saturated heterocycles. The minimum Gasteiger partial charge on any atom is -0.456 e. The van der Waals surface area contributed by atoms with Crippen molar-refractivity contribution in [2.24, 2.45) is 0 Å². The zero-order chi connectivity index (χ0) is 51.8. The molecule has 56 heavy (non-hydrogen) atoms. The molecule has 2 aromatic heterocycles. The molecule has 2 heterocycles. The summed E-state index contributed by atoms with van der Waals surface area (Å²) in [6.45, 7) is 0. The van der Waals surface area contributed by atoms with Crippen LogP contribution in [-0.4, -0.2) is 9.97 Å². The van der Waals surface area contributed by atoms with Crippen molar-refractivity contribution in [2.45, 2.75) is 0 Å². The summed E-state index contributed by atoms with van der Waals surface area (Å²) >= 11 is 0. The van der Waals surface area contributed by atoms with Crippen molar-refractivity contribution in [1.82, 2.24) is 9.97 Å². The Morgan fingerprint density at radius 1 is 0.446 bits per heavy atom. The zero-order valence-corrected chi connectivity index (χ0v) is 29.0. The molecule has 262 valence electrons. The van der Waals surface area contributed by atoms with Gasteiger partial charge < -0.3 is 9.32 Å². The Bertz CT molecular complexity index is 4180. The number of hydrogen-bond donors (Lipinski definition) is 0. The first kappa shape index (κ1) is 19.2. The van der Waals surface area contributed by atoms with Crippen LogP contribution in [0, 0.1) is 0 Å². The molecule has 0 bridgehead atoms. The molecule has 4 nitrogen and oxygen atoms in total. The van der Waals surface area contributed by atoms with E-state index in [1.165, 1.54) is 0 Å². The van der Waals surface area contributed by atoms with Gasteiger partial charge in [0.05, 0.1) is 45.7 Å². The van der Waals surface area contributed by atoms with Gasteiger partial charge in [0.2, 0.25) is 0 Å². The summed E-state index contributed by atoms with van der Waals surface area (Å²) in [5.74, 6) is 0. The van der Waals surface area contributed by atoms with Gasteiger partial charge in [0.15, 0.2) is 0 Å². The summed E-state index contributed by atoms with van der Waals surface area (Å²) in [6.07, 6.45) is 0. The van der Waals surface area contributed by atoms with Gasteiger partial charge in [-0.15, -0.1) is 0 Å². The summed E-state index contributed by atoms with van der Waals surface area (Å²) < 4.78 is 158. The molecule has 0 N–H and O–H groups in total. The molecule has 0 fully saturated rings. The fourth-order valence-corrected chi connectivity index (χ4v) is 7.03. The Kier molecular flexibility index (Phi) is 4.47. The number of hydrogen-bond acceptors (Lipinski definition) is 4. The first-order valence-corrected chi connectivity index (χ1v) is 17.5. The van der Waals surface area contributed by atoms with E-state index < -0.39 is 131 Å². The Labute approximate surface area is 347 Å². The highest BCUT2D eigenvalue weighted by atomic mass is 16.3. The van der Waals surface area contributed by atoms with Gasteiger partial charge in [0.25, 0.3) is 0 Å². The molecule has 0 spiro atoms. The second kappa shape index (κ2) is 13.1. The summed E-state index contributed by atoms with van der Waals surface area (Å²) in [4.78, 5) is 11.4. The third-order valence-corrected chi connectivity index (χ3v) is 9.58. The number of furan rings is 1. The molecular formula is C52H33N3O. The molecule has 0 aliphatic carbocycles. The SMILES string of the molecule is [2H]c1c([2H])c([2H])c(-c2nc3c([2H])c([2H])c4c([2H])c([2H])c5c([2H])c([2H])c(-c6ccc(N(c7ccccc7)c7ccc8oc9ccccc9c8c7)cc6)c([2H])c5c4c3nc2-c2c([2H])c([2H])c([2H])c([2H])c2[2H])c([2H])c1[2H]. The molecule has 0 aliphatic heterocycles. The highest BCUT2D eigenvalue weighted by molar-refractivity contribution is 6.19. The van der Waals surface area contributed by atoms with Crippen LogP contribution in [0.5, 0.6) is 0 Å². The van der Waals surface area contributed by atoms with Gasteiger partial charge in [-0.25, -0.2) is 9.97 Å². The third kappa shape index (κ3) is 5.39. The topological polar surface area (TPSA) is 42.2 Å². The van der Waals surface area contributed by atoms with E-state index >= 15 is 0 Å². The maximum atomic E-state index is 9.90. The van der Waals surface area contributed by atoms with Crippen LogP contribution in [-0.2, 0) is 0 Å². The van der Waals surface area contributed by atoms with E-state index in [1.54, 1.807) is 24.3 Å². The van der Waals surface area contributed by atoms with Crippen LogP contribution in [0.2, 0.25) is 0 Å². The number of benzene rings is 9. The quantitative estimate of drug-likeness (QED) is 0.160. The van der Waals surface area contributed by atoms with Crippen molar-refractivity contribution in [1.29, 1.82) is 0 Å². The number of anilines is 3. The lowest BCUT2D eigenvalue weighted by molar-refractivity contribution is 0.669. The van der Waals surface area contributed by atoms with Crippen LogP contribution in [0.3, 0.4) is 0 Å². The lowest BCUT2D eigenvalue weighted by atomic mass is 9.95. The van der Waals surface area contributed by atoms with Crippen molar-refractivity contribution in [2.75, 3.05) is 4.90 Å². The van der Waals surface area contributed by atoms with Crippen molar-refractivity contribution >= 4 is 71.6 Å². The van der Waals surface area contributed by atoms with Gasteiger partial charge in [-0.2, -0.15) is 0 Å². The maximum Gasteiger partial charge on any atom is 0.135 e. The maximum absolute atomic E-state index is 9.90. The lowest BCUT2D eigenvalue weighted by Gasteiger charge is -2.25. The van der Waals surface area contributed by atoms with Crippen molar-refractivity contribution < 1.29 is 27.7 Å². The largest absolute Gasteiger partial charge is 0.456 e. The number of nitrogens with zero attached hydrogens (tertiary/aromatic N) is 3. The van der Waals surface area contributed by atoms with Gasteiger partial charge >= 0.3 is 0 Å². The van der Waals surface area contributed by atoms with Crippen molar-refractivity contribution in [3.8, 4) is 33.6 Å². The summed E-state index contributed by atoms with van der Waals surface area (Å²) in [6, 6.07) is 18.1. The van der Waals surface area contributed by atoms with Crippen LogP contribution in [0.15, 0.2) is 204 Å². The Morgan fingerprint density at radius 3 is 1.86 bits per heavy atom. The third-order valence-electron chi connectivity index (χ3n) is 9.58. The van der Waals surface area contributed by atoms with E-state index in [1.807, 2.05) is 77.7 Å². The van der Waals surface area contributed by atoms with E-state index in [-0.39, 0.29) is 32.6 Å². The molecular weight excluding hydrogens is 683 g/mol. The molecule has 0 unspecified atom stereocenters. The number of para-hydroxylation sites is 2. The Balaban J connectivity index is 1.20. The van der Waals surface area contributed by atoms with E-state index in [9.17, 15) is 8.22 Å². The second-order valence-electron chi connectivity index (χ2n) is 12.9. The van der Waals surface area contributed by atoms with Gasteiger partial charge in [0.1, 0.15) is 11.2 Å². The van der Waals surface area contributed by atoms with Crippen molar-refractivity contribution in [3.05, 3.63) is 200 Å². The fourth-order valence-electron chi connectivity index (χ4n) is 7.03. The van der Waals surface area contributed by atoms with Gasteiger partial charge in [-0.3, -0.25) is 0 Å². The average molecular weight is 733 g/mol. The van der Waals surface area contributed by atoms with Gasteiger partial charge in [-0.1, -0.05) is 139 Å². The normalized spacial score (nSPS) is 15.8. The number of aromatic nitrogens is 2. The Hall–Kier alpha value is -7.56. The molecule has 4 heteroatoms. The number of rotatable bonds is 6. The predicted octanol–water partition coefficient (Wildman–Crippen LogP) is 14.3. The molecule has 0 saturated carbocycles. The summed E-state index contributed by atoms with van der Waals surface area (Å²) in [5, 5.41) is 0.625. The van der Waals surface area contributed by atoms with Crippen LogP contribution in [0.4, 0.5) is 17.1 Å². The molecule has 9 aromatic carbocycles. The van der Waals surface area contributed by atoms with Gasteiger partial charge in [0, 0.05) is 44.3 Å². The minimum atomic E-state index is -0.805. The van der Waals surface area contributed by atoms with Crippen LogP contribution >= 0.6 is 0 Å². The minimum absolute atomic E-state index is 0.0794. The van der Waals surface area contributed by atoms with Crippen molar-refractivity contribution in [3.63, 3.8) is 0 Å². The van der Waals surface area contributed by atoms with E-state index in [0.29, 0.717) is 16.8 Å². The average Bonchev–Trinajstić information content (AvgIpc) is 3.77. The molecule has 0 aliphatic rings. The Morgan fingerprint density at radius 2 is 1.07 bits per heavy atom. The standard InChI is InChI=1S/C52H33N3O/c1-4-12-37(13-5-1)50-51(38-14-6-2-7-15-38)54-52-46(53-50)30-26-36-22-20-35-21-23-39(32-44(35)49(36)52)34-24-27-41(28-25-34)55(40-16-8-3-9-17-40)42-29-31-48-45(33-42)43-18-10-11-19-47(43)56-48/h1-33H/i1D,2D,4D,5D,6D,7D,12D,13D,14D,15D,20D,21D,22D,23D,26D,30D,32D. The first-order chi connectivity index (χ1) is 34.8. The van der Waals surface area contributed by atoms with E-state index in [4.69, 9.17) is 24.5 Å². The predicted molar refractivity (Wildman–Crippen MR) is 233 cm³/mol. The highest BCUT2D eigenvalue weighted by Crippen LogP contribution is 2.41. The first-order valence-electron chi connectivity index (χ1n) is 26.0. The fraction of sp³-hybridized carbons (Fsp3) is 0. The van der Waals surface area contributed by atoms with Crippen LogP contribution in [0.25, 0.3) is 88.2 Å². The smallest absolute Gasteiger partial charge is 0.135 e. The molecule has 0 radical (unpaired) electrons. The zero-order valence-electron chi connectivity index (χ0n) is 46.0. The van der Waals surface area contributed by atoms with E-state index in [2.05, 4.69) is 4.98 Å². The molecule has 0 atom stereocenters. The number of fused-ring (bicyclic) bond motifs is 8. The van der Waals surface area contributed by atoms with Crippen LogP contribution in [0.1, 0.15) is 23.3 Å². The molecule has 11 aromatic rings. The molecule has 0 amide bonds. The monoisotopic (exact) mass is 732 g/mol. The second-order valence-corrected chi connectivity index (χ2v) is 12.9. The highest BCUT2D eigenvalue weighted by Gasteiger charge is 2.18. The summed E-state index contributed by atoms with van der Waals surface area (Å²) in [7, 11) is 0. The summed E-state index contributed by atoms with van der Waals surface area (Å²) in [5.41, 5.74) is 0.721. The van der Waals surface area contributed by atoms with Crippen LogP contribution < -0.4 is 4.90 Å².